The molecule has 0 aliphatic carbocycles. The van der Waals surface area contributed by atoms with Gasteiger partial charge in [-0.05, 0) is 19.3 Å². The molecule has 2 atom stereocenters. The molecule has 0 aromatic rings. The number of guanidine groups is 1. The summed E-state index contributed by atoms with van der Waals surface area (Å²) < 4.78 is 0. The van der Waals surface area contributed by atoms with Crippen molar-refractivity contribution in [2.24, 2.45) is 10.9 Å². The third kappa shape index (κ3) is 5.22. The molecule has 5 heteroatoms. The van der Waals surface area contributed by atoms with Crippen LogP contribution < -0.4 is 5.32 Å². The standard InChI is InChI=1S/C14H29N3OS/c1-6-14(4,18)10-16-13(15-5)17-7-8-19-12(9-17)11(2)3/h11-12,18H,6-10H2,1-5H3,(H,15,16). The van der Waals surface area contributed by atoms with Crippen LogP contribution in [0.2, 0.25) is 0 Å². The number of aliphatic imine (C=N–C) groups is 1. The molecule has 19 heavy (non-hydrogen) atoms. The molecule has 1 rings (SSSR count). The molecule has 0 aromatic carbocycles. The van der Waals surface area contributed by atoms with Gasteiger partial charge in [0.25, 0.3) is 0 Å². The van der Waals surface area contributed by atoms with Crippen molar-refractivity contribution in [1.82, 2.24) is 10.2 Å². The lowest BCUT2D eigenvalue weighted by molar-refractivity contribution is 0.0597. The number of nitrogens with zero attached hydrogens (tertiary/aromatic N) is 2. The molecule has 1 saturated heterocycles. The molecular formula is C14H29N3OS. The smallest absolute Gasteiger partial charge is 0.193 e. The summed E-state index contributed by atoms with van der Waals surface area (Å²) in [7, 11) is 1.81. The average Bonchev–Trinajstić information content (AvgIpc) is 2.39. The van der Waals surface area contributed by atoms with E-state index in [4.69, 9.17) is 0 Å². The summed E-state index contributed by atoms with van der Waals surface area (Å²) in [4.78, 5) is 6.67. The first-order valence-corrected chi connectivity index (χ1v) is 8.24. The molecule has 1 aliphatic rings. The fourth-order valence-electron chi connectivity index (χ4n) is 2.00. The minimum Gasteiger partial charge on any atom is -0.388 e. The highest BCUT2D eigenvalue weighted by atomic mass is 32.2. The molecule has 4 nitrogen and oxygen atoms in total. The van der Waals surface area contributed by atoms with Gasteiger partial charge in [0.1, 0.15) is 0 Å². The minimum atomic E-state index is -0.669. The summed E-state index contributed by atoms with van der Waals surface area (Å²) in [6, 6.07) is 0. The minimum absolute atomic E-state index is 0.548. The molecular weight excluding hydrogens is 258 g/mol. The number of aliphatic hydroxyl groups is 1. The maximum absolute atomic E-state index is 10.1. The molecule has 2 N–H and O–H groups in total. The number of nitrogens with one attached hydrogen (secondary N) is 1. The van der Waals surface area contributed by atoms with E-state index in [2.05, 4.69) is 40.8 Å². The van der Waals surface area contributed by atoms with Crippen molar-refractivity contribution in [3.63, 3.8) is 0 Å². The first kappa shape index (κ1) is 16.6. The van der Waals surface area contributed by atoms with Crippen molar-refractivity contribution in [2.75, 3.05) is 32.4 Å². The third-order valence-corrected chi connectivity index (χ3v) is 5.28. The normalized spacial score (nSPS) is 24.5. The van der Waals surface area contributed by atoms with E-state index < -0.39 is 5.60 Å². The Morgan fingerprint density at radius 2 is 2.26 bits per heavy atom. The summed E-state index contributed by atoms with van der Waals surface area (Å²) in [5, 5.41) is 14.0. The first-order valence-electron chi connectivity index (χ1n) is 7.19. The molecule has 2 unspecified atom stereocenters. The van der Waals surface area contributed by atoms with E-state index in [0.717, 1.165) is 31.2 Å². The fourth-order valence-corrected chi connectivity index (χ4v) is 3.30. The van der Waals surface area contributed by atoms with Crippen molar-refractivity contribution in [1.29, 1.82) is 0 Å². The van der Waals surface area contributed by atoms with Gasteiger partial charge in [0, 0.05) is 37.7 Å². The summed E-state index contributed by atoms with van der Waals surface area (Å²) in [5.74, 6) is 2.75. The second kappa shape index (κ2) is 7.39. The van der Waals surface area contributed by atoms with E-state index in [0.29, 0.717) is 17.7 Å². The van der Waals surface area contributed by atoms with Crippen LogP contribution in [-0.4, -0.2) is 59.3 Å². The van der Waals surface area contributed by atoms with E-state index in [1.54, 1.807) is 0 Å². The van der Waals surface area contributed by atoms with E-state index in [1.807, 2.05) is 20.9 Å². The van der Waals surface area contributed by atoms with Gasteiger partial charge in [-0.1, -0.05) is 20.8 Å². The Hall–Kier alpha value is -0.420. The van der Waals surface area contributed by atoms with E-state index in [1.165, 1.54) is 0 Å². The van der Waals surface area contributed by atoms with Gasteiger partial charge >= 0.3 is 0 Å². The Labute approximate surface area is 122 Å². The molecule has 0 spiro atoms. The van der Waals surface area contributed by atoms with Crippen LogP contribution in [0.5, 0.6) is 0 Å². The van der Waals surface area contributed by atoms with Gasteiger partial charge in [0.2, 0.25) is 0 Å². The zero-order chi connectivity index (χ0) is 14.5. The highest BCUT2D eigenvalue weighted by Gasteiger charge is 2.26. The maximum atomic E-state index is 10.1. The predicted octanol–water partition coefficient (Wildman–Crippen LogP) is 1.80. The zero-order valence-corrected chi connectivity index (χ0v) is 13.8. The van der Waals surface area contributed by atoms with Crippen LogP contribution in [0.3, 0.4) is 0 Å². The lowest BCUT2D eigenvalue weighted by Gasteiger charge is -2.37. The third-order valence-electron chi connectivity index (χ3n) is 3.74. The van der Waals surface area contributed by atoms with Crippen LogP contribution in [0.15, 0.2) is 4.99 Å². The molecule has 112 valence electrons. The Bertz CT molecular complexity index is 305. The SMILES string of the molecule is CCC(C)(O)CNC(=NC)N1CCSC(C(C)C)C1. The number of hydrogen-bond donors (Lipinski definition) is 2. The Kier molecular flexibility index (Phi) is 6.47. The molecule has 1 heterocycles. The highest BCUT2D eigenvalue weighted by Crippen LogP contribution is 2.24. The van der Waals surface area contributed by atoms with E-state index in [9.17, 15) is 5.11 Å². The maximum Gasteiger partial charge on any atom is 0.193 e. The lowest BCUT2D eigenvalue weighted by Crippen LogP contribution is -2.51. The average molecular weight is 287 g/mol. The second-order valence-electron chi connectivity index (χ2n) is 5.85. The Morgan fingerprint density at radius 1 is 1.58 bits per heavy atom. The van der Waals surface area contributed by atoms with E-state index in [-0.39, 0.29) is 0 Å². The monoisotopic (exact) mass is 287 g/mol. The lowest BCUT2D eigenvalue weighted by atomic mass is 10.0. The van der Waals surface area contributed by atoms with Gasteiger partial charge < -0.3 is 15.3 Å². The number of rotatable bonds is 4. The van der Waals surface area contributed by atoms with Crippen molar-refractivity contribution >= 4 is 17.7 Å². The molecule has 0 amide bonds. The van der Waals surface area contributed by atoms with Gasteiger partial charge in [-0.3, -0.25) is 4.99 Å². The molecule has 0 radical (unpaired) electrons. The summed E-state index contributed by atoms with van der Waals surface area (Å²) in [6.07, 6.45) is 0.738. The van der Waals surface area contributed by atoms with Crippen LogP contribution in [0.25, 0.3) is 0 Å². The molecule has 1 aliphatic heterocycles. The van der Waals surface area contributed by atoms with Crippen molar-refractivity contribution in [3.05, 3.63) is 0 Å². The first-order chi connectivity index (χ1) is 8.89. The van der Waals surface area contributed by atoms with Gasteiger partial charge in [-0.2, -0.15) is 11.8 Å². The van der Waals surface area contributed by atoms with Crippen LogP contribution in [0, 0.1) is 5.92 Å². The highest BCUT2D eigenvalue weighted by molar-refractivity contribution is 8.00. The van der Waals surface area contributed by atoms with Crippen molar-refractivity contribution in [2.45, 2.75) is 45.0 Å². The summed E-state index contributed by atoms with van der Waals surface area (Å²) >= 11 is 2.06. The molecule has 0 saturated carbocycles. The fraction of sp³-hybridized carbons (Fsp3) is 0.929. The summed E-state index contributed by atoms with van der Waals surface area (Å²) in [6.45, 7) is 11.0. The topological polar surface area (TPSA) is 47.9 Å². The van der Waals surface area contributed by atoms with Crippen molar-refractivity contribution in [3.8, 4) is 0 Å². The van der Waals surface area contributed by atoms with Crippen LogP contribution >= 0.6 is 11.8 Å². The van der Waals surface area contributed by atoms with Crippen LogP contribution in [0.4, 0.5) is 0 Å². The van der Waals surface area contributed by atoms with Gasteiger partial charge in [0.05, 0.1) is 5.60 Å². The molecule has 0 aromatic heterocycles. The number of thioether (sulfide) groups is 1. The quantitative estimate of drug-likeness (QED) is 0.611. The molecule has 1 fully saturated rings. The second-order valence-corrected chi connectivity index (χ2v) is 7.20. The zero-order valence-electron chi connectivity index (χ0n) is 12.9. The molecule has 0 bridgehead atoms. The van der Waals surface area contributed by atoms with E-state index >= 15 is 0 Å². The van der Waals surface area contributed by atoms with Gasteiger partial charge in [-0.15, -0.1) is 0 Å². The Balaban J connectivity index is 2.55. The van der Waals surface area contributed by atoms with Gasteiger partial charge in [0.15, 0.2) is 5.96 Å². The summed E-state index contributed by atoms with van der Waals surface area (Å²) in [5.41, 5.74) is -0.669. The van der Waals surface area contributed by atoms with Gasteiger partial charge in [-0.25, -0.2) is 0 Å². The number of hydrogen-bond acceptors (Lipinski definition) is 3. The Morgan fingerprint density at radius 3 is 2.79 bits per heavy atom. The van der Waals surface area contributed by atoms with Crippen LogP contribution in [0.1, 0.15) is 34.1 Å². The van der Waals surface area contributed by atoms with Crippen LogP contribution in [-0.2, 0) is 0 Å². The largest absolute Gasteiger partial charge is 0.388 e. The van der Waals surface area contributed by atoms with Crippen molar-refractivity contribution < 1.29 is 5.11 Å². The predicted molar refractivity (Wildman–Crippen MR) is 84.9 cm³/mol.